The summed E-state index contributed by atoms with van der Waals surface area (Å²) in [6, 6.07) is 15.7. The number of hydrogen-bond acceptors (Lipinski definition) is 6. The van der Waals surface area contributed by atoms with Crippen molar-refractivity contribution in [2.75, 3.05) is 6.61 Å². The second-order valence-electron chi connectivity index (χ2n) is 12.6. The number of rotatable bonds is 17. The second kappa shape index (κ2) is 15.8. The molecule has 3 rings (SSSR count). The lowest BCUT2D eigenvalue weighted by atomic mass is 9.93. The number of ketones is 1. The Hall–Kier alpha value is -3.56. The van der Waals surface area contributed by atoms with Crippen molar-refractivity contribution in [1.82, 2.24) is 16.0 Å². The minimum absolute atomic E-state index is 0.0883. The molecule has 5 N–H and O–H groups in total. The Morgan fingerprint density at radius 3 is 1.74 bits per heavy atom. The van der Waals surface area contributed by atoms with Crippen LogP contribution < -0.4 is 21.7 Å². The third-order valence-electron chi connectivity index (χ3n) is 7.62. The van der Waals surface area contributed by atoms with Crippen molar-refractivity contribution < 1.29 is 23.9 Å². The summed E-state index contributed by atoms with van der Waals surface area (Å²) in [6.45, 7) is 9.93. The molecule has 0 aromatic heterocycles. The van der Waals surface area contributed by atoms with Crippen molar-refractivity contribution in [3.05, 3.63) is 71.8 Å². The van der Waals surface area contributed by atoms with Crippen LogP contribution in [-0.4, -0.2) is 59.9 Å². The minimum atomic E-state index is -0.969. The molecule has 9 heteroatoms. The molecule has 3 amide bonds. The smallest absolute Gasteiger partial charge is 0.243 e. The average Bonchev–Trinajstić information content (AvgIpc) is 3.73. The van der Waals surface area contributed by atoms with Crippen molar-refractivity contribution in [3.8, 4) is 0 Å². The molecule has 1 saturated heterocycles. The van der Waals surface area contributed by atoms with E-state index >= 15 is 0 Å². The number of epoxide rings is 1. The number of ether oxygens (including phenoxy) is 1. The first-order valence-corrected chi connectivity index (χ1v) is 15.3. The van der Waals surface area contributed by atoms with Crippen LogP contribution in [-0.2, 0) is 36.8 Å². The highest BCUT2D eigenvalue weighted by molar-refractivity contribution is 5.98. The molecule has 0 saturated carbocycles. The van der Waals surface area contributed by atoms with Crippen molar-refractivity contribution in [2.45, 2.75) is 96.5 Å². The van der Waals surface area contributed by atoms with Gasteiger partial charge in [-0.3, -0.25) is 19.2 Å². The fraction of sp³-hybridized carbons (Fsp3) is 0.529. The largest absolute Gasteiger partial charge is 0.361 e. The zero-order valence-electron chi connectivity index (χ0n) is 26.1. The number of nitrogens with two attached hydrogens (primary N) is 1. The maximum atomic E-state index is 13.7. The standard InChI is InChI=1S/C34H48N4O5/c1-22(2)18-27(30(39)34(5)21-43-34)36-33(42)29(20-25-14-10-7-11-15-25)38-32(41)28(19-23(3)4)37-31(40)26(35)17-16-24-12-8-6-9-13-24/h6-15,22-23,26-29H,16-21,35H2,1-5H3,(H,36,42)(H,37,40)(H,38,41)/t26-,27-,28-,29-,34?/m0/s1. The van der Waals surface area contributed by atoms with E-state index in [-0.39, 0.29) is 24.0 Å². The molecule has 0 spiro atoms. The monoisotopic (exact) mass is 592 g/mol. The van der Waals surface area contributed by atoms with Gasteiger partial charge in [-0.25, -0.2) is 0 Å². The first kappa shape index (κ1) is 33.9. The molecule has 2 aromatic carbocycles. The summed E-state index contributed by atoms with van der Waals surface area (Å²) < 4.78 is 5.37. The molecular formula is C34H48N4O5. The normalized spacial score (nSPS) is 18.8. The molecule has 1 aliphatic rings. The van der Waals surface area contributed by atoms with Gasteiger partial charge in [-0.15, -0.1) is 0 Å². The predicted molar refractivity (Wildman–Crippen MR) is 167 cm³/mol. The summed E-state index contributed by atoms with van der Waals surface area (Å²) in [6.07, 6.45) is 2.10. The number of hydrogen-bond donors (Lipinski definition) is 4. The Labute approximate surface area is 255 Å². The number of Topliss-reactive ketones (excluding diaryl/α,β-unsaturated/α-hetero) is 1. The summed E-state index contributed by atoms with van der Waals surface area (Å²) in [5.74, 6) is -1.29. The van der Waals surface area contributed by atoms with Crippen molar-refractivity contribution in [3.63, 3.8) is 0 Å². The van der Waals surface area contributed by atoms with Crippen LogP contribution in [0.4, 0.5) is 0 Å². The molecule has 9 nitrogen and oxygen atoms in total. The molecule has 0 bridgehead atoms. The van der Waals surface area contributed by atoms with Gasteiger partial charge in [0.2, 0.25) is 17.7 Å². The second-order valence-corrected chi connectivity index (χ2v) is 12.6. The summed E-state index contributed by atoms with van der Waals surface area (Å²) in [4.78, 5) is 53.6. The topological polar surface area (TPSA) is 143 Å². The highest BCUT2D eigenvalue weighted by Gasteiger charge is 2.50. The van der Waals surface area contributed by atoms with E-state index in [9.17, 15) is 19.2 Å². The SMILES string of the molecule is CC(C)C[C@H](NC(=O)[C@@H](N)CCc1ccccc1)C(=O)N[C@@H](Cc1ccccc1)C(=O)N[C@@H](CC(C)C)C(=O)C1(C)CO1. The Kier molecular flexibility index (Phi) is 12.5. The van der Waals surface area contributed by atoms with Gasteiger partial charge in [-0.2, -0.15) is 0 Å². The van der Waals surface area contributed by atoms with Crippen molar-refractivity contribution in [1.29, 1.82) is 0 Å². The Morgan fingerprint density at radius 2 is 1.21 bits per heavy atom. The van der Waals surface area contributed by atoms with Crippen LogP contribution in [0.3, 0.4) is 0 Å². The van der Waals surface area contributed by atoms with Crippen LogP contribution >= 0.6 is 0 Å². The molecular weight excluding hydrogens is 544 g/mol. The highest BCUT2D eigenvalue weighted by Crippen LogP contribution is 2.29. The molecule has 0 aliphatic carbocycles. The quantitative estimate of drug-likeness (QED) is 0.208. The number of carbonyl (C=O) groups excluding carboxylic acids is 4. The van der Waals surface area contributed by atoms with Crippen LogP contribution in [0.5, 0.6) is 0 Å². The fourth-order valence-electron chi connectivity index (χ4n) is 5.01. The van der Waals surface area contributed by atoms with E-state index in [1.165, 1.54) is 0 Å². The molecule has 43 heavy (non-hydrogen) atoms. The van der Waals surface area contributed by atoms with Crippen LogP contribution in [0.2, 0.25) is 0 Å². The summed E-state index contributed by atoms with van der Waals surface area (Å²) >= 11 is 0. The first-order chi connectivity index (χ1) is 20.4. The van der Waals surface area contributed by atoms with Gasteiger partial charge >= 0.3 is 0 Å². The van der Waals surface area contributed by atoms with Gasteiger partial charge in [-0.05, 0) is 55.6 Å². The zero-order valence-corrected chi connectivity index (χ0v) is 26.1. The summed E-state index contributed by atoms with van der Waals surface area (Å²) in [5, 5.41) is 8.60. The average molecular weight is 593 g/mol. The third kappa shape index (κ3) is 10.9. The predicted octanol–water partition coefficient (Wildman–Crippen LogP) is 3.09. The molecule has 1 unspecified atom stereocenters. The van der Waals surface area contributed by atoms with Crippen molar-refractivity contribution in [2.24, 2.45) is 17.6 Å². The maximum Gasteiger partial charge on any atom is 0.243 e. The number of nitrogens with one attached hydrogen (secondary N) is 3. The van der Waals surface area contributed by atoms with Gasteiger partial charge in [0.25, 0.3) is 0 Å². The van der Waals surface area contributed by atoms with E-state index in [0.29, 0.717) is 32.3 Å². The number of amides is 3. The minimum Gasteiger partial charge on any atom is -0.361 e. The molecule has 5 atom stereocenters. The van der Waals surface area contributed by atoms with Gasteiger partial charge in [0, 0.05) is 6.42 Å². The third-order valence-corrected chi connectivity index (χ3v) is 7.62. The lowest BCUT2D eigenvalue weighted by Crippen LogP contribution is -2.58. The summed E-state index contributed by atoms with van der Waals surface area (Å²) in [5.41, 5.74) is 7.24. The van der Waals surface area contributed by atoms with Crippen LogP contribution in [0.25, 0.3) is 0 Å². The van der Waals surface area contributed by atoms with E-state index in [4.69, 9.17) is 10.5 Å². The molecule has 1 heterocycles. The van der Waals surface area contributed by atoms with E-state index in [1.807, 2.05) is 88.4 Å². The molecule has 234 valence electrons. The van der Waals surface area contributed by atoms with E-state index in [2.05, 4.69) is 16.0 Å². The Bertz CT molecular complexity index is 1210. The molecule has 1 fully saturated rings. The lowest BCUT2D eigenvalue weighted by molar-refractivity contribution is -0.134. The van der Waals surface area contributed by atoms with Crippen LogP contribution in [0.15, 0.2) is 60.7 Å². The first-order valence-electron chi connectivity index (χ1n) is 15.3. The van der Waals surface area contributed by atoms with Gasteiger partial charge in [0.15, 0.2) is 5.78 Å². The number of carbonyl (C=O) groups is 4. The molecule has 0 radical (unpaired) electrons. The maximum absolute atomic E-state index is 13.7. The van der Waals surface area contributed by atoms with Gasteiger partial charge in [-0.1, -0.05) is 88.4 Å². The zero-order chi connectivity index (χ0) is 31.6. The van der Waals surface area contributed by atoms with Gasteiger partial charge in [0.1, 0.15) is 17.7 Å². The molecule has 2 aromatic rings. The van der Waals surface area contributed by atoms with Crippen LogP contribution in [0.1, 0.15) is 65.0 Å². The van der Waals surface area contributed by atoms with Crippen LogP contribution in [0, 0.1) is 11.8 Å². The molecule has 1 aliphatic heterocycles. The summed E-state index contributed by atoms with van der Waals surface area (Å²) in [7, 11) is 0. The lowest BCUT2D eigenvalue weighted by Gasteiger charge is -2.27. The van der Waals surface area contributed by atoms with Gasteiger partial charge < -0.3 is 26.4 Å². The number of benzene rings is 2. The van der Waals surface area contributed by atoms with E-state index in [0.717, 1.165) is 11.1 Å². The van der Waals surface area contributed by atoms with E-state index in [1.54, 1.807) is 6.92 Å². The number of aryl methyl sites for hydroxylation is 1. The highest BCUT2D eigenvalue weighted by atomic mass is 16.6. The Morgan fingerprint density at radius 1 is 0.744 bits per heavy atom. The fourth-order valence-corrected chi connectivity index (χ4v) is 5.01. The van der Waals surface area contributed by atoms with Gasteiger partial charge in [0.05, 0.1) is 18.7 Å². The van der Waals surface area contributed by atoms with Crippen molar-refractivity contribution >= 4 is 23.5 Å². The Balaban J connectivity index is 1.74. The van der Waals surface area contributed by atoms with E-state index < -0.39 is 47.5 Å².